The van der Waals surface area contributed by atoms with E-state index < -0.39 is 0 Å². The first-order valence-electron chi connectivity index (χ1n) is 3.32. The van der Waals surface area contributed by atoms with Crippen LogP contribution in [0.15, 0.2) is 4.99 Å². The van der Waals surface area contributed by atoms with Gasteiger partial charge in [-0.2, -0.15) is 5.26 Å². The molecule has 0 rings (SSSR count). The van der Waals surface area contributed by atoms with Crippen molar-refractivity contribution in [2.45, 2.75) is 20.3 Å². The molecule has 2 N–H and O–H groups in total. The van der Waals surface area contributed by atoms with Crippen LogP contribution in [0.3, 0.4) is 0 Å². The Morgan fingerprint density at radius 1 is 1.70 bits per heavy atom. The molecule has 0 saturated carbocycles. The molecule has 0 atom stereocenters. The summed E-state index contributed by atoms with van der Waals surface area (Å²) in [6.45, 7) is 4.83. The Labute approximate surface area is 61.6 Å². The van der Waals surface area contributed by atoms with E-state index in [1.807, 2.05) is 6.07 Å². The van der Waals surface area contributed by atoms with E-state index >= 15 is 0 Å². The molecule has 0 aromatic heterocycles. The van der Waals surface area contributed by atoms with Crippen LogP contribution < -0.4 is 5.73 Å². The molecule has 3 heteroatoms. The minimum Gasteiger partial charge on any atom is -0.387 e. The van der Waals surface area contributed by atoms with Gasteiger partial charge in [0.05, 0.1) is 12.5 Å². The SMILES string of the molecule is CC(C)CN=C(N)CC#N. The van der Waals surface area contributed by atoms with Crippen LogP contribution in [0.1, 0.15) is 20.3 Å². The molecule has 0 aromatic rings. The Morgan fingerprint density at radius 2 is 2.30 bits per heavy atom. The fourth-order valence-corrected chi connectivity index (χ4v) is 0.437. The van der Waals surface area contributed by atoms with Crippen molar-refractivity contribution >= 4 is 5.84 Å². The van der Waals surface area contributed by atoms with Crippen LogP contribution in [0, 0.1) is 17.2 Å². The second kappa shape index (κ2) is 4.80. The van der Waals surface area contributed by atoms with E-state index in [0.29, 0.717) is 18.3 Å². The van der Waals surface area contributed by atoms with Crippen molar-refractivity contribution in [3.8, 4) is 6.07 Å². The molecular formula is C7H13N3. The molecule has 0 saturated heterocycles. The normalized spacial score (nSPS) is 11.6. The highest BCUT2D eigenvalue weighted by atomic mass is 14.8. The molecule has 0 bridgehead atoms. The largest absolute Gasteiger partial charge is 0.387 e. The zero-order chi connectivity index (χ0) is 7.98. The van der Waals surface area contributed by atoms with Crippen LogP contribution >= 0.6 is 0 Å². The number of amidine groups is 1. The van der Waals surface area contributed by atoms with Crippen molar-refractivity contribution in [2.75, 3.05) is 6.54 Å². The lowest BCUT2D eigenvalue weighted by Crippen LogP contribution is -2.12. The summed E-state index contributed by atoms with van der Waals surface area (Å²) in [5.74, 6) is 0.952. The second-order valence-corrected chi connectivity index (χ2v) is 2.56. The summed E-state index contributed by atoms with van der Waals surface area (Å²) < 4.78 is 0. The van der Waals surface area contributed by atoms with Crippen LogP contribution in [0.2, 0.25) is 0 Å². The predicted octanol–water partition coefficient (Wildman–Crippen LogP) is 0.913. The molecule has 10 heavy (non-hydrogen) atoms. The summed E-state index contributed by atoms with van der Waals surface area (Å²) in [4.78, 5) is 3.99. The van der Waals surface area contributed by atoms with Gasteiger partial charge in [-0.1, -0.05) is 13.8 Å². The van der Waals surface area contributed by atoms with Gasteiger partial charge in [0, 0.05) is 6.54 Å². The maximum Gasteiger partial charge on any atom is 0.108 e. The Bertz CT molecular complexity index is 153. The van der Waals surface area contributed by atoms with E-state index in [4.69, 9.17) is 11.0 Å². The summed E-state index contributed by atoms with van der Waals surface area (Å²) in [5, 5.41) is 8.19. The van der Waals surface area contributed by atoms with Crippen molar-refractivity contribution in [3.63, 3.8) is 0 Å². The quantitative estimate of drug-likeness (QED) is 0.466. The van der Waals surface area contributed by atoms with E-state index in [9.17, 15) is 0 Å². The molecule has 0 heterocycles. The molecule has 0 aliphatic rings. The van der Waals surface area contributed by atoms with E-state index in [1.165, 1.54) is 0 Å². The van der Waals surface area contributed by atoms with Crippen molar-refractivity contribution in [1.82, 2.24) is 0 Å². The van der Waals surface area contributed by atoms with Crippen LogP contribution in [0.25, 0.3) is 0 Å². The van der Waals surface area contributed by atoms with Gasteiger partial charge in [0.2, 0.25) is 0 Å². The molecule has 0 aromatic carbocycles. The van der Waals surface area contributed by atoms with Crippen LogP contribution in [-0.4, -0.2) is 12.4 Å². The first-order valence-corrected chi connectivity index (χ1v) is 3.32. The van der Waals surface area contributed by atoms with E-state index in [0.717, 1.165) is 0 Å². The lowest BCUT2D eigenvalue weighted by Gasteiger charge is -1.98. The molecule has 0 aliphatic heterocycles. The fourth-order valence-electron chi connectivity index (χ4n) is 0.437. The van der Waals surface area contributed by atoms with Crippen LogP contribution in [0.5, 0.6) is 0 Å². The van der Waals surface area contributed by atoms with Gasteiger partial charge >= 0.3 is 0 Å². The highest BCUT2D eigenvalue weighted by Gasteiger charge is 1.92. The Morgan fingerprint density at radius 3 is 2.70 bits per heavy atom. The van der Waals surface area contributed by atoms with E-state index in [-0.39, 0.29) is 6.42 Å². The third-order valence-electron chi connectivity index (χ3n) is 0.920. The zero-order valence-corrected chi connectivity index (χ0v) is 6.46. The van der Waals surface area contributed by atoms with E-state index in [1.54, 1.807) is 0 Å². The Balaban J connectivity index is 3.60. The van der Waals surface area contributed by atoms with Gasteiger partial charge in [-0.15, -0.1) is 0 Å². The maximum atomic E-state index is 8.19. The molecule has 56 valence electrons. The van der Waals surface area contributed by atoms with Crippen molar-refractivity contribution in [1.29, 1.82) is 5.26 Å². The lowest BCUT2D eigenvalue weighted by molar-refractivity contribution is 0.664. The van der Waals surface area contributed by atoms with Gasteiger partial charge in [-0.25, -0.2) is 0 Å². The minimum atomic E-state index is 0.243. The van der Waals surface area contributed by atoms with Crippen LogP contribution in [-0.2, 0) is 0 Å². The van der Waals surface area contributed by atoms with Crippen LogP contribution in [0.4, 0.5) is 0 Å². The standard InChI is InChI=1S/C7H13N3/c1-6(2)5-10-7(9)3-4-8/h6H,3,5H2,1-2H3,(H2,9,10). The number of rotatable bonds is 3. The van der Waals surface area contributed by atoms with Crippen molar-refractivity contribution < 1.29 is 0 Å². The van der Waals surface area contributed by atoms with Crippen molar-refractivity contribution in [3.05, 3.63) is 0 Å². The lowest BCUT2D eigenvalue weighted by atomic mass is 10.2. The van der Waals surface area contributed by atoms with Gasteiger partial charge < -0.3 is 5.73 Å². The summed E-state index contributed by atoms with van der Waals surface area (Å²) in [6, 6.07) is 1.94. The molecule has 0 spiro atoms. The highest BCUT2D eigenvalue weighted by Crippen LogP contribution is 1.91. The number of aliphatic imine (C=N–C) groups is 1. The molecule has 0 amide bonds. The van der Waals surface area contributed by atoms with E-state index in [2.05, 4.69) is 18.8 Å². The number of nitrogens with zero attached hydrogens (tertiary/aromatic N) is 2. The summed E-state index contributed by atoms with van der Waals surface area (Å²) in [7, 11) is 0. The smallest absolute Gasteiger partial charge is 0.108 e. The molecule has 0 radical (unpaired) electrons. The average Bonchev–Trinajstić information content (AvgIpc) is 1.85. The molecule has 3 nitrogen and oxygen atoms in total. The average molecular weight is 139 g/mol. The number of nitrogens with two attached hydrogens (primary N) is 1. The summed E-state index contributed by atoms with van der Waals surface area (Å²) >= 11 is 0. The topological polar surface area (TPSA) is 62.2 Å². The zero-order valence-electron chi connectivity index (χ0n) is 6.46. The predicted molar refractivity (Wildman–Crippen MR) is 41.6 cm³/mol. The Kier molecular flexibility index (Phi) is 4.30. The summed E-state index contributed by atoms with van der Waals surface area (Å²) in [6.07, 6.45) is 0.243. The van der Waals surface area contributed by atoms with Gasteiger partial charge in [0.25, 0.3) is 0 Å². The third kappa shape index (κ3) is 5.10. The van der Waals surface area contributed by atoms with Crippen molar-refractivity contribution in [2.24, 2.45) is 16.6 Å². The number of hydrogen-bond donors (Lipinski definition) is 1. The van der Waals surface area contributed by atoms with Gasteiger partial charge in [0.15, 0.2) is 0 Å². The van der Waals surface area contributed by atoms with Gasteiger partial charge in [0.1, 0.15) is 5.84 Å². The molecular weight excluding hydrogens is 126 g/mol. The molecule has 0 unspecified atom stereocenters. The fraction of sp³-hybridized carbons (Fsp3) is 0.714. The molecule has 0 aliphatic carbocycles. The number of nitriles is 1. The second-order valence-electron chi connectivity index (χ2n) is 2.56. The van der Waals surface area contributed by atoms with Gasteiger partial charge in [-0.05, 0) is 5.92 Å². The summed E-state index contributed by atoms with van der Waals surface area (Å²) in [5.41, 5.74) is 5.36. The monoisotopic (exact) mass is 139 g/mol. The Hall–Kier alpha value is -1.04. The first kappa shape index (κ1) is 8.96. The van der Waals surface area contributed by atoms with Gasteiger partial charge in [-0.3, -0.25) is 4.99 Å². The third-order valence-corrected chi connectivity index (χ3v) is 0.920. The number of hydrogen-bond acceptors (Lipinski definition) is 2. The molecule has 0 fully saturated rings. The maximum absolute atomic E-state index is 8.19. The first-order chi connectivity index (χ1) is 4.66. The minimum absolute atomic E-state index is 0.243. The highest BCUT2D eigenvalue weighted by molar-refractivity contribution is 5.82.